The summed E-state index contributed by atoms with van der Waals surface area (Å²) in [6.45, 7) is 0.0596. The van der Waals surface area contributed by atoms with E-state index in [2.05, 4.69) is 5.32 Å². The molecule has 0 spiro atoms. The summed E-state index contributed by atoms with van der Waals surface area (Å²) in [4.78, 5) is 0. The molecule has 0 radical (unpaired) electrons. The topological polar surface area (TPSA) is 45.4 Å². The van der Waals surface area contributed by atoms with E-state index in [1.807, 2.05) is 31.3 Å². The lowest BCUT2D eigenvalue weighted by molar-refractivity contribution is 0.234. The van der Waals surface area contributed by atoms with Crippen LogP contribution in [0.3, 0.4) is 0 Å². The van der Waals surface area contributed by atoms with E-state index < -0.39 is 0 Å². The van der Waals surface area contributed by atoms with Crippen LogP contribution in [0.2, 0.25) is 0 Å². The Hall–Kier alpha value is -1.03. The van der Waals surface area contributed by atoms with Gasteiger partial charge in [0.15, 0.2) is 0 Å². The summed E-state index contributed by atoms with van der Waals surface area (Å²) >= 11 is 6.00. The molecule has 17 heavy (non-hydrogen) atoms. The van der Waals surface area contributed by atoms with Gasteiger partial charge in [-0.15, -0.1) is 11.6 Å². The van der Waals surface area contributed by atoms with Gasteiger partial charge in [-0.3, -0.25) is 0 Å². The highest BCUT2D eigenvalue weighted by Crippen LogP contribution is 2.25. The van der Waals surface area contributed by atoms with Crippen molar-refractivity contribution in [3.05, 3.63) is 36.1 Å². The number of rotatable bonds is 5. The van der Waals surface area contributed by atoms with Crippen LogP contribution in [0.1, 0.15) is 11.5 Å². The Morgan fingerprint density at radius 3 is 2.88 bits per heavy atom. The van der Waals surface area contributed by atoms with E-state index >= 15 is 0 Å². The summed E-state index contributed by atoms with van der Waals surface area (Å²) in [5.74, 6) is 0.527. The van der Waals surface area contributed by atoms with Crippen LogP contribution in [0.4, 0.5) is 0 Å². The molecular weight excluding hydrogens is 238 g/mol. The molecule has 4 heteroatoms. The highest BCUT2D eigenvalue weighted by Gasteiger charge is 2.20. The number of halogens is 1. The maximum atomic E-state index is 9.32. The van der Waals surface area contributed by atoms with E-state index in [4.69, 9.17) is 16.0 Å². The second-order valence-corrected chi connectivity index (χ2v) is 4.37. The fraction of sp³-hybridized carbons (Fsp3) is 0.385. The summed E-state index contributed by atoms with van der Waals surface area (Å²) in [7, 11) is 1.83. The molecule has 0 aliphatic rings. The van der Waals surface area contributed by atoms with Crippen LogP contribution in [0.25, 0.3) is 11.0 Å². The Labute approximate surface area is 105 Å². The van der Waals surface area contributed by atoms with Crippen molar-refractivity contribution >= 4 is 22.6 Å². The number of benzene rings is 1. The van der Waals surface area contributed by atoms with Gasteiger partial charge in [-0.1, -0.05) is 12.1 Å². The highest BCUT2D eigenvalue weighted by atomic mass is 35.5. The molecule has 1 aromatic heterocycles. The number of aliphatic hydroxyl groups excluding tert-OH is 1. The molecule has 0 aliphatic heterocycles. The first kappa shape index (κ1) is 12.4. The lowest BCUT2D eigenvalue weighted by atomic mass is 9.93. The molecular formula is C13H16ClNO2. The number of hydrogen-bond acceptors (Lipinski definition) is 3. The zero-order chi connectivity index (χ0) is 12.3. The van der Waals surface area contributed by atoms with E-state index in [1.165, 1.54) is 0 Å². The van der Waals surface area contributed by atoms with Crippen LogP contribution >= 0.6 is 11.6 Å². The van der Waals surface area contributed by atoms with E-state index in [-0.39, 0.29) is 18.6 Å². The number of alkyl halides is 1. The average molecular weight is 254 g/mol. The Bertz CT molecular complexity index is 479. The first-order valence-electron chi connectivity index (χ1n) is 5.61. The van der Waals surface area contributed by atoms with Crippen LogP contribution in [-0.4, -0.2) is 30.7 Å². The zero-order valence-corrected chi connectivity index (χ0v) is 10.4. The SMILES string of the molecule is CNC(CO)C(CCl)c1ccc2ccoc2c1. The van der Waals surface area contributed by atoms with Gasteiger partial charge in [-0.2, -0.15) is 0 Å². The molecule has 2 aromatic rings. The van der Waals surface area contributed by atoms with Gasteiger partial charge in [0.1, 0.15) is 5.58 Å². The normalized spacial score (nSPS) is 15.0. The molecule has 0 bridgehead atoms. The summed E-state index contributed by atoms with van der Waals surface area (Å²) < 4.78 is 5.37. The monoisotopic (exact) mass is 253 g/mol. The van der Waals surface area contributed by atoms with E-state index in [0.717, 1.165) is 16.5 Å². The van der Waals surface area contributed by atoms with Crippen LogP contribution in [0.15, 0.2) is 34.9 Å². The first-order valence-corrected chi connectivity index (χ1v) is 6.15. The lowest BCUT2D eigenvalue weighted by Crippen LogP contribution is -2.36. The van der Waals surface area contributed by atoms with Crippen molar-refractivity contribution in [1.29, 1.82) is 0 Å². The van der Waals surface area contributed by atoms with Gasteiger partial charge >= 0.3 is 0 Å². The summed E-state index contributed by atoms with van der Waals surface area (Å²) in [6.07, 6.45) is 1.67. The van der Waals surface area contributed by atoms with Crippen molar-refractivity contribution in [2.75, 3.05) is 19.5 Å². The van der Waals surface area contributed by atoms with Crippen molar-refractivity contribution in [3.63, 3.8) is 0 Å². The lowest BCUT2D eigenvalue weighted by Gasteiger charge is -2.23. The van der Waals surface area contributed by atoms with Crippen molar-refractivity contribution in [2.45, 2.75) is 12.0 Å². The Morgan fingerprint density at radius 1 is 1.41 bits per heavy atom. The van der Waals surface area contributed by atoms with E-state index in [9.17, 15) is 5.11 Å². The van der Waals surface area contributed by atoms with Crippen LogP contribution in [0, 0.1) is 0 Å². The Balaban J connectivity index is 2.34. The van der Waals surface area contributed by atoms with E-state index in [1.54, 1.807) is 6.26 Å². The van der Waals surface area contributed by atoms with Crippen molar-refractivity contribution in [3.8, 4) is 0 Å². The molecule has 1 heterocycles. The van der Waals surface area contributed by atoms with Gasteiger partial charge in [0.25, 0.3) is 0 Å². The average Bonchev–Trinajstić information content (AvgIpc) is 2.82. The molecule has 0 fully saturated rings. The van der Waals surface area contributed by atoms with Gasteiger partial charge < -0.3 is 14.8 Å². The number of nitrogens with one attached hydrogen (secondary N) is 1. The molecule has 2 atom stereocenters. The maximum absolute atomic E-state index is 9.32. The van der Waals surface area contributed by atoms with Gasteiger partial charge in [0.2, 0.25) is 0 Å². The molecule has 1 aromatic carbocycles. The molecule has 2 unspecified atom stereocenters. The molecule has 3 nitrogen and oxygen atoms in total. The highest BCUT2D eigenvalue weighted by molar-refractivity contribution is 6.18. The van der Waals surface area contributed by atoms with Gasteiger partial charge in [-0.05, 0) is 24.7 Å². The van der Waals surface area contributed by atoms with Gasteiger partial charge in [0, 0.05) is 23.2 Å². The van der Waals surface area contributed by atoms with Crippen LogP contribution in [-0.2, 0) is 0 Å². The fourth-order valence-corrected chi connectivity index (χ4v) is 2.44. The van der Waals surface area contributed by atoms with Crippen molar-refractivity contribution in [2.24, 2.45) is 0 Å². The Morgan fingerprint density at radius 2 is 2.24 bits per heavy atom. The largest absolute Gasteiger partial charge is 0.464 e. The number of hydrogen-bond donors (Lipinski definition) is 2. The van der Waals surface area contributed by atoms with Gasteiger partial charge in [-0.25, -0.2) is 0 Å². The third-order valence-corrected chi connectivity index (χ3v) is 3.46. The standard InChI is InChI=1S/C13H16ClNO2/c1-15-12(8-16)11(7-14)10-3-2-9-4-5-17-13(9)6-10/h2-6,11-12,15-16H,7-8H2,1H3. The number of aliphatic hydroxyl groups is 1. The minimum atomic E-state index is -0.0417. The third-order valence-electron chi connectivity index (χ3n) is 3.13. The number of likely N-dealkylation sites (N-methyl/N-ethyl adjacent to an activating group) is 1. The molecule has 0 saturated heterocycles. The van der Waals surface area contributed by atoms with E-state index in [0.29, 0.717) is 5.88 Å². The molecule has 92 valence electrons. The number of fused-ring (bicyclic) bond motifs is 1. The molecule has 2 N–H and O–H groups in total. The smallest absolute Gasteiger partial charge is 0.134 e. The summed E-state index contributed by atoms with van der Waals surface area (Å²) in [5.41, 5.74) is 1.93. The minimum Gasteiger partial charge on any atom is -0.464 e. The minimum absolute atomic E-state index is 0.0417. The predicted octanol–water partition coefficient (Wildman–Crippen LogP) is 2.34. The zero-order valence-electron chi connectivity index (χ0n) is 9.69. The quantitative estimate of drug-likeness (QED) is 0.804. The molecule has 0 aliphatic carbocycles. The van der Waals surface area contributed by atoms with Crippen LogP contribution in [0.5, 0.6) is 0 Å². The summed E-state index contributed by atoms with van der Waals surface area (Å²) in [6, 6.07) is 7.92. The predicted molar refractivity (Wildman–Crippen MR) is 69.6 cm³/mol. The third kappa shape index (κ3) is 2.46. The van der Waals surface area contributed by atoms with Gasteiger partial charge in [0.05, 0.1) is 12.9 Å². The molecule has 0 saturated carbocycles. The molecule has 2 rings (SSSR count). The second kappa shape index (κ2) is 5.54. The fourth-order valence-electron chi connectivity index (χ4n) is 2.05. The number of furan rings is 1. The molecule has 0 amide bonds. The summed E-state index contributed by atoms with van der Waals surface area (Å²) in [5, 5.41) is 13.5. The van der Waals surface area contributed by atoms with Crippen molar-refractivity contribution in [1.82, 2.24) is 5.32 Å². The van der Waals surface area contributed by atoms with Crippen LogP contribution < -0.4 is 5.32 Å². The maximum Gasteiger partial charge on any atom is 0.134 e. The first-order chi connectivity index (χ1) is 8.30. The van der Waals surface area contributed by atoms with Crippen molar-refractivity contribution < 1.29 is 9.52 Å². The Kier molecular flexibility index (Phi) is 4.05. The second-order valence-electron chi connectivity index (χ2n) is 4.06.